The minimum Gasteiger partial charge on any atom is -0.468 e. The summed E-state index contributed by atoms with van der Waals surface area (Å²) in [7, 11) is 1.99. The average molecular weight is 276 g/mol. The number of rotatable bonds is 4. The van der Waals surface area contributed by atoms with E-state index in [1.54, 1.807) is 0 Å². The standard InChI is InChI=1S/C17H28N2O/c1-18-13-15-5-12-20-16(15)14-19-10-8-17(9-11-19)6-3-2-4-7-17/h5,12,18H,2-4,6-11,13-14H2,1H3. The summed E-state index contributed by atoms with van der Waals surface area (Å²) in [5.74, 6) is 1.15. The van der Waals surface area contributed by atoms with Crippen LogP contribution < -0.4 is 5.32 Å². The van der Waals surface area contributed by atoms with Crippen molar-refractivity contribution < 1.29 is 4.42 Å². The Labute approximate surface area is 122 Å². The molecule has 3 rings (SSSR count). The van der Waals surface area contributed by atoms with Crippen LogP contribution in [0.1, 0.15) is 56.3 Å². The van der Waals surface area contributed by atoms with Crippen molar-refractivity contribution in [1.82, 2.24) is 10.2 Å². The van der Waals surface area contributed by atoms with Gasteiger partial charge in [0.25, 0.3) is 0 Å². The van der Waals surface area contributed by atoms with Crippen LogP contribution >= 0.6 is 0 Å². The first-order valence-corrected chi connectivity index (χ1v) is 8.24. The van der Waals surface area contributed by atoms with Crippen molar-refractivity contribution in [3.05, 3.63) is 23.7 Å². The van der Waals surface area contributed by atoms with E-state index < -0.39 is 0 Å². The van der Waals surface area contributed by atoms with Crippen molar-refractivity contribution in [1.29, 1.82) is 0 Å². The van der Waals surface area contributed by atoms with Gasteiger partial charge in [-0.15, -0.1) is 0 Å². The van der Waals surface area contributed by atoms with Crippen LogP contribution in [-0.4, -0.2) is 25.0 Å². The molecule has 2 heterocycles. The van der Waals surface area contributed by atoms with Crippen molar-refractivity contribution in [2.75, 3.05) is 20.1 Å². The SMILES string of the molecule is CNCc1ccoc1CN1CCC2(CCCCC2)CC1. The van der Waals surface area contributed by atoms with E-state index in [0.717, 1.165) is 18.8 Å². The van der Waals surface area contributed by atoms with Crippen molar-refractivity contribution in [2.45, 2.75) is 58.0 Å². The van der Waals surface area contributed by atoms with Crippen molar-refractivity contribution in [3.8, 4) is 0 Å². The van der Waals surface area contributed by atoms with Gasteiger partial charge in [-0.1, -0.05) is 19.3 Å². The minimum atomic E-state index is 0.700. The fraction of sp³-hybridized carbons (Fsp3) is 0.765. The summed E-state index contributed by atoms with van der Waals surface area (Å²) in [4.78, 5) is 2.58. The maximum atomic E-state index is 5.68. The van der Waals surface area contributed by atoms with Gasteiger partial charge < -0.3 is 9.73 Å². The highest BCUT2D eigenvalue weighted by atomic mass is 16.3. The van der Waals surface area contributed by atoms with Crippen molar-refractivity contribution in [3.63, 3.8) is 0 Å². The van der Waals surface area contributed by atoms with E-state index in [-0.39, 0.29) is 0 Å². The van der Waals surface area contributed by atoms with E-state index in [0.29, 0.717) is 5.41 Å². The first kappa shape index (κ1) is 14.2. The van der Waals surface area contributed by atoms with Crippen LogP contribution in [0.25, 0.3) is 0 Å². The molecular weight excluding hydrogens is 248 g/mol. The Morgan fingerprint density at radius 2 is 1.90 bits per heavy atom. The van der Waals surface area contributed by atoms with Crippen molar-refractivity contribution >= 4 is 0 Å². The lowest BCUT2D eigenvalue weighted by atomic mass is 9.68. The smallest absolute Gasteiger partial charge is 0.122 e. The molecule has 1 aromatic heterocycles. The first-order valence-electron chi connectivity index (χ1n) is 8.24. The zero-order valence-corrected chi connectivity index (χ0v) is 12.8. The number of likely N-dealkylation sites (tertiary alicyclic amines) is 1. The summed E-state index contributed by atoms with van der Waals surface area (Å²) in [6.45, 7) is 4.39. The Bertz CT molecular complexity index is 410. The minimum absolute atomic E-state index is 0.700. The van der Waals surface area contributed by atoms with Crippen LogP contribution in [0.5, 0.6) is 0 Å². The second-order valence-electron chi connectivity index (χ2n) is 6.74. The molecule has 3 nitrogen and oxygen atoms in total. The molecule has 1 spiro atoms. The van der Waals surface area contributed by atoms with Crippen LogP contribution in [0.15, 0.2) is 16.7 Å². The molecule has 0 amide bonds. The summed E-state index contributed by atoms with van der Waals surface area (Å²) in [6, 6.07) is 2.10. The molecule has 0 atom stereocenters. The van der Waals surface area contributed by atoms with E-state index in [9.17, 15) is 0 Å². The van der Waals surface area contributed by atoms with E-state index in [4.69, 9.17) is 4.42 Å². The number of hydrogen-bond acceptors (Lipinski definition) is 3. The molecule has 0 radical (unpaired) electrons. The first-order chi connectivity index (χ1) is 9.81. The van der Waals surface area contributed by atoms with Crippen LogP contribution in [0.4, 0.5) is 0 Å². The maximum absolute atomic E-state index is 5.68. The Hall–Kier alpha value is -0.800. The molecule has 20 heavy (non-hydrogen) atoms. The number of hydrogen-bond donors (Lipinski definition) is 1. The summed E-state index contributed by atoms with van der Waals surface area (Å²) >= 11 is 0. The second kappa shape index (κ2) is 6.31. The number of piperidine rings is 1. The highest BCUT2D eigenvalue weighted by Gasteiger charge is 2.35. The molecule has 0 aromatic carbocycles. The summed E-state index contributed by atoms with van der Waals surface area (Å²) in [6.07, 6.45) is 12.0. The van der Waals surface area contributed by atoms with Crippen molar-refractivity contribution in [2.24, 2.45) is 5.41 Å². The third kappa shape index (κ3) is 3.09. The van der Waals surface area contributed by atoms with Gasteiger partial charge in [-0.3, -0.25) is 4.90 Å². The highest BCUT2D eigenvalue weighted by Crippen LogP contribution is 2.44. The molecule has 0 unspecified atom stereocenters. The predicted octanol–water partition coefficient (Wildman–Crippen LogP) is 3.55. The highest BCUT2D eigenvalue weighted by molar-refractivity contribution is 5.16. The van der Waals surface area contributed by atoms with Crippen LogP contribution in [-0.2, 0) is 13.1 Å². The van der Waals surface area contributed by atoms with Gasteiger partial charge >= 0.3 is 0 Å². The van der Waals surface area contributed by atoms with Gasteiger partial charge in [0.1, 0.15) is 5.76 Å². The van der Waals surface area contributed by atoms with Gasteiger partial charge in [-0.05, 0) is 57.3 Å². The molecule has 112 valence electrons. The Morgan fingerprint density at radius 3 is 2.60 bits per heavy atom. The average Bonchev–Trinajstić information content (AvgIpc) is 2.90. The van der Waals surface area contributed by atoms with E-state index in [1.807, 2.05) is 13.3 Å². The number of nitrogens with zero attached hydrogens (tertiary/aromatic N) is 1. The van der Waals surface area contributed by atoms with Gasteiger partial charge in [0.2, 0.25) is 0 Å². The van der Waals surface area contributed by atoms with Crippen LogP contribution in [0, 0.1) is 5.41 Å². The zero-order valence-electron chi connectivity index (χ0n) is 12.8. The third-order valence-corrected chi connectivity index (χ3v) is 5.40. The quantitative estimate of drug-likeness (QED) is 0.911. The summed E-state index contributed by atoms with van der Waals surface area (Å²) < 4.78 is 5.68. The van der Waals surface area contributed by atoms with Gasteiger partial charge in [0.05, 0.1) is 12.8 Å². The Kier molecular flexibility index (Phi) is 4.47. The van der Waals surface area contributed by atoms with E-state index in [2.05, 4.69) is 16.3 Å². The molecular formula is C17H28N2O. The lowest BCUT2D eigenvalue weighted by Gasteiger charge is -2.44. The van der Waals surface area contributed by atoms with Gasteiger partial charge in [0.15, 0.2) is 0 Å². The largest absolute Gasteiger partial charge is 0.468 e. The molecule has 1 aliphatic heterocycles. The van der Waals surface area contributed by atoms with Gasteiger partial charge in [-0.25, -0.2) is 0 Å². The monoisotopic (exact) mass is 276 g/mol. The molecule has 0 bridgehead atoms. The predicted molar refractivity (Wildman–Crippen MR) is 81.5 cm³/mol. The molecule has 3 heteroatoms. The molecule has 1 saturated carbocycles. The van der Waals surface area contributed by atoms with Gasteiger partial charge in [0, 0.05) is 12.1 Å². The number of nitrogens with one attached hydrogen (secondary N) is 1. The lowest BCUT2D eigenvalue weighted by Crippen LogP contribution is -2.40. The van der Waals surface area contributed by atoms with Gasteiger partial charge in [-0.2, -0.15) is 0 Å². The summed E-state index contributed by atoms with van der Waals surface area (Å²) in [5, 5.41) is 3.22. The maximum Gasteiger partial charge on any atom is 0.122 e. The van der Waals surface area contributed by atoms with E-state index in [1.165, 1.54) is 63.6 Å². The van der Waals surface area contributed by atoms with E-state index >= 15 is 0 Å². The Balaban J connectivity index is 1.54. The molecule has 2 fully saturated rings. The third-order valence-electron chi connectivity index (χ3n) is 5.40. The molecule has 2 aliphatic rings. The zero-order chi connectivity index (χ0) is 13.8. The Morgan fingerprint density at radius 1 is 1.15 bits per heavy atom. The summed E-state index contributed by atoms with van der Waals surface area (Å²) in [5.41, 5.74) is 2.01. The van der Waals surface area contributed by atoms with Crippen LogP contribution in [0.3, 0.4) is 0 Å². The molecule has 1 N–H and O–H groups in total. The molecule has 1 saturated heterocycles. The second-order valence-corrected chi connectivity index (χ2v) is 6.74. The lowest BCUT2D eigenvalue weighted by molar-refractivity contribution is 0.0606. The molecule has 1 aromatic rings. The molecule has 1 aliphatic carbocycles. The van der Waals surface area contributed by atoms with Crippen LogP contribution in [0.2, 0.25) is 0 Å². The fourth-order valence-corrected chi connectivity index (χ4v) is 4.04. The normalized spacial score (nSPS) is 23.2. The topological polar surface area (TPSA) is 28.4 Å². The number of furan rings is 1. The fourth-order valence-electron chi connectivity index (χ4n) is 4.04.